The van der Waals surface area contributed by atoms with Gasteiger partial charge in [-0.3, -0.25) is 0 Å². The maximum Gasteiger partial charge on any atom is 0.0202 e. The van der Waals surface area contributed by atoms with Crippen molar-refractivity contribution in [3.05, 3.63) is 23.0 Å². The molecule has 0 atom stereocenters. The van der Waals surface area contributed by atoms with Crippen LogP contribution in [0.4, 0.5) is 0 Å². The standard InChI is InChI=1S/C11H19N/c1-6-10-9(4)7-11(8(2)3)12(10)5/h7-8H,6H2,1-5H3. The second-order valence-electron chi connectivity index (χ2n) is 3.77. The molecule has 1 nitrogen and oxygen atoms in total. The molecule has 0 radical (unpaired) electrons. The summed E-state index contributed by atoms with van der Waals surface area (Å²) in [6.07, 6.45) is 1.13. The predicted molar refractivity (Wildman–Crippen MR) is 53.6 cm³/mol. The van der Waals surface area contributed by atoms with Gasteiger partial charge in [-0.05, 0) is 30.9 Å². The van der Waals surface area contributed by atoms with E-state index < -0.39 is 0 Å². The molecule has 0 saturated carbocycles. The highest BCUT2D eigenvalue weighted by Crippen LogP contribution is 2.21. The van der Waals surface area contributed by atoms with Gasteiger partial charge >= 0.3 is 0 Å². The SMILES string of the molecule is CCc1c(C)cc(C(C)C)n1C. The van der Waals surface area contributed by atoms with E-state index in [9.17, 15) is 0 Å². The molecule has 1 heterocycles. The van der Waals surface area contributed by atoms with E-state index in [0.29, 0.717) is 5.92 Å². The molecule has 0 fully saturated rings. The van der Waals surface area contributed by atoms with Gasteiger partial charge in [-0.15, -0.1) is 0 Å². The summed E-state index contributed by atoms with van der Waals surface area (Å²) in [6.45, 7) is 8.90. The van der Waals surface area contributed by atoms with Crippen molar-refractivity contribution in [2.24, 2.45) is 7.05 Å². The smallest absolute Gasteiger partial charge is 0.0202 e. The molecule has 1 aromatic rings. The maximum absolute atomic E-state index is 2.33. The third kappa shape index (κ3) is 1.40. The van der Waals surface area contributed by atoms with Crippen LogP contribution in [0.15, 0.2) is 6.07 Å². The number of aromatic nitrogens is 1. The molecule has 0 aliphatic heterocycles. The average molecular weight is 165 g/mol. The molecule has 0 amide bonds. The summed E-state index contributed by atoms with van der Waals surface area (Å²) in [5.74, 6) is 0.633. The lowest BCUT2D eigenvalue weighted by molar-refractivity contribution is 0.713. The van der Waals surface area contributed by atoms with Crippen molar-refractivity contribution >= 4 is 0 Å². The molecular formula is C11H19N. The largest absolute Gasteiger partial charge is 0.351 e. The van der Waals surface area contributed by atoms with Crippen molar-refractivity contribution in [1.82, 2.24) is 4.57 Å². The quantitative estimate of drug-likeness (QED) is 0.635. The van der Waals surface area contributed by atoms with Gasteiger partial charge in [-0.1, -0.05) is 20.8 Å². The number of rotatable bonds is 2. The van der Waals surface area contributed by atoms with Gasteiger partial charge in [-0.2, -0.15) is 0 Å². The molecule has 1 heteroatoms. The predicted octanol–water partition coefficient (Wildman–Crippen LogP) is 3.02. The zero-order chi connectivity index (χ0) is 9.30. The first-order valence-electron chi connectivity index (χ1n) is 4.73. The Hall–Kier alpha value is -0.720. The van der Waals surface area contributed by atoms with Crippen LogP contribution in [0.5, 0.6) is 0 Å². The molecule has 0 N–H and O–H groups in total. The van der Waals surface area contributed by atoms with Gasteiger partial charge in [0.2, 0.25) is 0 Å². The van der Waals surface area contributed by atoms with E-state index in [1.165, 1.54) is 17.0 Å². The minimum atomic E-state index is 0.633. The van der Waals surface area contributed by atoms with Crippen LogP contribution in [-0.4, -0.2) is 4.57 Å². The lowest BCUT2D eigenvalue weighted by Crippen LogP contribution is -2.01. The van der Waals surface area contributed by atoms with Gasteiger partial charge < -0.3 is 4.57 Å². The van der Waals surface area contributed by atoms with E-state index in [1.54, 1.807) is 0 Å². The topological polar surface area (TPSA) is 4.93 Å². The van der Waals surface area contributed by atoms with Crippen LogP contribution in [0, 0.1) is 6.92 Å². The van der Waals surface area contributed by atoms with Crippen molar-refractivity contribution in [1.29, 1.82) is 0 Å². The summed E-state index contributed by atoms with van der Waals surface area (Å²) in [7, 11) is 2.17. The van der Waals surface area contributed by atoms with Crippen molar-refractivity contribution < 1.29 is 0 Å². The van der Waals surface area contributed by atoms with E-state index in [4.69, 9.17) is 0 Å². The maximum atomic E-state index is 2.33. The number of hydrogen-bond acceptors (Lipinski definition) is 0. The van der Waals surface area contributed by atoms with Gasteiger partial charge in [0.25, 0.3) is 0 Å². The van der Waals surface area contributed by atoms with Gasteiger partial charge in [0, 0.05) is 18.4 Å². The summed E-state index contributed by atoms with van der Waals surface area (Å²) in [4.78, 5) is 0. The van der Waals surface area contributed by atoms with E-state index >= 15 is 0 Å². The molecule has 0 bridgehead atoms. The molecule has 68 valence electrons. The highest BCUT2D eigenvalue weighted by molar-refractivity contribution is 5.28. The zero-order valence-corrected chi connectivity index (χ0v) is 8.81. The molecule has 12 heavy (non-hydrogen) atoms. The number of nitrogens with zero attached hydrogens (tertiary/aromatic N) is 1. The first-order valence-corrected chi connectivity index (χ1v) is 4.73. The van der Waals surface area contributed by atoms with Gasteiger partial charge in [0.05, 0.1) is 0 Å². The van der Waals surface area contributed by atoms with Crippen LogP contribution in [0.3, 0.4) is 0 Å². The first-order chi connectivity index (χ1) is 5.57. The summed E-state index contributed by atoms with van der Waals surface area (Å²) in [5, 5.41) is 0. The highest BCUT2D eigenvalue weighted by atomic mass is 15.0. The van der Waals surface area contributed by atoms with Gasteiger partial charge in [0.1, 0.15) is 0 Å². The van der Waals surface area contributed by atoms with Crippen molar-refractivity contribution in [3.8, 4) is 0 Å². The second kappa shape index (κ2) is 3.34. The van der Waals surface area contributed by atoms with Crippen LogP contribution in [0.1, 0.15) is 43.6 Å². The molecule has 1 aromatic heterocycles. The monoisotopic (exact) mass is 165 g/mol. The van der Waals surface area contributed by atoms with Crippen LogP contribution in [-0.2, 0) is 13.5 Å². The number of aryl methyl sites for hydroxylation is 1. The normalized spacial score (nSPS) is 11.2. The Morgan fingerprint density at radius 3 is 2.25 bits per heavy atom. The Balaban J connectivity index is 3.17. The second-order valence-corrected chi connectivity index (χ2v) is 3.77. The van der Waals surface area contributed by atoms with Crippen LogP contribution < -0.4 is 0 Å². The lowest BCUT2D eigenvalue weighted by atomic mass is 10.1. The molecule has 0 aliphatic carbocycles. The minimum Gasteiger partial charge on any atom is -0.351 e. The zero-order valence-electron chi connectivity index (χ0n) is 8.81. The minimum absolute atomic E-state index is 0.633. The third-order valence-corrected chi connectivity index (χ3v) is 2.54. The molecule has 0 aliphatic rings. The van der Waals surface area contributed by atoms with Crippen LogP contribution >= 0.6 is 0 Å². The first kappa shape index (κ1) is 9.37. The molecular weight excluding hydrogens is 146 g/mol. The lowest BCUT2D eigenvalue weighted by Gasteiger charge is -2.08. The molecule has 1 rings (SSSR count). The summed E-state index contributed by atoms with van der Waals surface area (Å²) in [5.41, 5.74) is 4.35. The molecule has 0 spiro atoms. The van der Waals surface area contributed by atoms with Crippen molar-refractivity contribution in [2.75, 3.05) is 0 Å². The van der Waals surface area contributed by atoms with E-state index in [0.717, 1.165) is 6.42 Å². The average Bonchev–Trinajstić information content (AvgIpc) is 2.27. The molecule has 0 saturated heterocycles. The fourth-order valence-corrected chi connectivity index (χ4v) is 1.89. The summed E-state index contributed by atoms with van der Waals surface area (Å²) >= 11 is 0. The van der Waals surface area contributed by atoms with E-state index in [2.05, 4.69) is 45.4 Å². The fourth-order valence-electron chi connectivity index (χ4n) is 1.89. The summed E-state index contributed by atoms with van der Waals surface area (Å²) in [6, 6.07) is 2.31. The fraction of sp³-hybridized carbons (Fsp3) is 0.636. The highest BCUT2D eigenvalue weighted by Gasteiger charge is 2.09. The number of hydrogen-bond donors (Lipinski definition) is 0. The Morgan fingerprint density at radius 1 is 1.42 bits per heavy atom. The Morgan fingerprint density at radius 2 is 2.00 bits per heavy atom. The Kier molecular flexibility index (Phi) is 2.61. The third-order valence-electron chi connectivity index (χ3n) is 2.54. The Labute approximate surface area is 75.4 Å². The van der Waals surface area contributed by atoms with Crippen molar-refractivity contribution in [3.63, 3.8) is 0 Å². The van der Waals surface area contributed by atoms with Gasteiger partial charge in [-0.25, -0.2) is 0 Å². The van der Waals surface area contributed by atoms with Gasteiger partial charge in [0.15, 0.2) is 0 Å². The summed E-state index contributed by atoms with van der Waals surface area (Å²) < 4.78 is 2.33. The van der Waals surface area contributed by atoms with E-state index in [1.807, 2.05) is 0 Å². The Bertz CT molecular complexity index is 269. The van der Waals surface area contributed by atoms with Crippen LogP contribution in [0.2, 0.25) is 0 Å². The molecule has 0 aromatic carbocycles. The molecule has 0 unspecified atom stereocenters. The van der Waals surface area contributed by atoms with Crippen molar-refractivity contribution in [2.45, 2.75) is 40.0 Å². The van der Waals surface area contributed by atoms with E-state index in [-0.39, 0.29) is 0 Å². The van der Waals surface area contributed by atoms with Crippen LogP contribution in [0.25, 0.3) is 0 Å².